The molecule has 0 amide bonds. The van der Waals surface area contributed by atoms with Crippen LogP contribution in [0.5, 0.6) is 0 Å². The summed E-state index contributed by atoms with van der Waals surface area (Å²) in [5.41, 5.74) is 1.25. The second-order valence-corrected chi connectivity index (χ2v) is 3.84. The topological polar surface area (TPSA) is 35.0 Å². The molecule has 0 aliphatic carbocycles. The first kappa shape index (κ1) is 12.0. The summed E-state index contributed by atoms with van der Waals surface area (Å²) in [7, 11) is 1.57. The van der Waals surface area contributed by atoms with E-state index in [1.807, 2.05) is 0 Å². The number of ether oxygens (including phenoxy) is 1. The van der Waals surface area contributed by atoms with Gasteiger partial charge < -0.3 is 4.74 Å². The number of methoxy groups -OCH3 is 1. The smallest absolute Gasteiger partial charge is 0.161 e. The zero-order valence-corrected chi connectivity index (χ0v) is 9.91. The van der Waals surface area contributed by atoms with Gasteiger partial charge in [-0.1, -0.05) is 23.7 Å². The molecule has 2 rings (SSSR count). The number of hydrogen-bond acceptors (Lipinski definition) is 3. The van der Waals surface area contributed by atoms with Gasteiger partial charge in [0.15, 0.2) is 5.82 Å². The fourth-order valence-electron chi connectivity index (χ4n) is 1.44. The molecule has 1 heterocycles. The molecule has 0 atom stereocenters. The Bertz CT molecular complexity index is 534. The lowest BCUT2D eigenvalue weighted by Crippen LogP contribution is -1.97. The van der Waals surface area contributed by atoms with Crippen LogP contribution in [0.15, 0.2) is 30.3 Å². The third kappa shape index (κ3) is 2.99. The number of benzene rings is 1. The van der Waals surface area contributed by atoms with E-state index in [-0.39, 0.29) is 5.82 Å². The lowest BCUT2D eigenvalue weighted by Gasteiger charge is -2.04. The number of rotatable bonds is 3. The maximum absolute atomic E-state index is 13.1. The second-order valence-electron chi connectivity index (χ2n) is 3.45. The molecule has 0 unspecified atom stereocenters. The SMILES string of the molecule is COCc1cc(Cl)nc(-c2cccc(F)c2)n1. The average molecular weight is 253 g/mol. The summed E-state index contributed by atoms with van der Waals surface area (Å²) >= 11 is 5.88. The largest absolute Gasteiger partial charge is 0.378 e. The van der Waals surface area contributed by atoms with Crippen LogP contribution in [0.3, 0.4) is 0 Å². The van der Waals surface area contributed by atoms with Gasteiger partial charge in [-0.3, -0.25) is 0 Å². The molecule has 0 aliphatic rings. The fourth-order valence-corrected chi connectivity index (χ4v) is 1.65. The van der Waals surface area contributed by atoms with Crippen LogP contribution in [0.25, 0.3) is 11.4 Å². The molecule has 5 heteroatoms. The van der Waals surface area contributed by atoms with Crippen molar-refractivity contribution < 1.29 is 9.13 Å². The van der Waals surface area contributed by atoms with E-state index >= 15 is 0 Å². The summed E-state index contributed by atoms with van der Waals surface area (Å²) in [6.07, 6.45) is 0. The van der Waals surface area contributed by atoms with Crippen LogP contribution < -0.4 is 0 Å². The summed E-state index contributed by atoms with van der Waals surface area (Å²) in [5, 5.41) is 0.311. The van der Waals surface area contributed by atoms with Gasteiger partial charge in [-0.15, -0.1) is 0 Å². The van der Waals surface area contributed by atoms with Crippen molar-refractivity contribution >= 4 is 11.6 Å². The summed E-state index contributed by atoms with van der Waals surface area (Å²) in [6, 6.07) is 7.68. The normalized spacial score (nSPS) is 10.5. The van der Waals surface area contributed by atoms with Crippen molar-refractivity contribution in [3.8, 4) is 11.4 Å². The van der Waals surface area contributed by atoms with E-state index in [1.165, 1.54) is 12.1 Å². The first-order valence-corrected chi connectivity index (χ1v) is 5.35. The second kappa shape index (κ2) is 5.21. The zero-order chi connectivity index (χ0) is 12.3. The monoisotopic (exact) mass is 252 g/mol. The van der Waals surface area contributed by atoms with E-state index in [9.17, 15) is 4.39 Å². The van der Waals surface area contributed by atoms with E-state index in [4.69, 9.17) is 16.3 Å². The highest BCUT2D eigenvalue weighted by molar-refractivity contribution is 6.29. The number of halogens is 2. The molecule has 3 nitrogen and oxygen atoms in total. The molecular formula is C12H10ClFN2O. The van der Waals surface area contributed by atoms with E-state index in [0.29, 0.717) is 28.8 Å². The van der Waals surface area contributed by atoms with Crippen molar-refractivity contribution in [3.05, 3.63) is 47.0 Å². The highest BCUT2D eigenvalue weighted by Crippen LogP contribution is 2.19. The first-order chi connectivity index (χ1) is 8.19. The van der Waals surface area contributed by atoms with Gasteiger partial charge >= 0.3 is 0 Å². The Morgan fingerprint density at radius 2 is 2.12 bits per heavy atom. The van der Waals surface area contributed by atoms with Gasteiger partial charge in [0, 0.05) is 12.7 Å². The fraction of sp³-hybridized carbons (Fsp3) is 0.167. The molecule has 1 aromatic heterocycles. The zero-order valence-electron chi connectivity index (χ0n) is 9.15. The molecule has 0 N–H and O–H groups in total. The molecular weight excluding hydrogens is 243 g/mol. The van der Waals surface area contributed by atoms with Gasteiger partial charge in [0.05, 0.1) is 12.3 Å². The quantitative estimate of drug-likeness (QED) is 0.788. The first-order valence-electron chi connectivity index (χ1n) is 4.97. The van der Waals surface area contributed by atoms with Gasteiger partial charge in [0.2, 0.25) is 0 Å². The van der Waals surface area contributed by atoms with Crippen LogP contribution >= 0.6 is 11.6 Å². The molecule has 0 fully saturated rings. The predicted octanol–water partition coefficient (Wildman–Crippen LogP) is 3.08. The van der Waals surface area contributed by atoms with Crippen molar-refractivity contribution in [2.45, 2.75) is 6.61 Å². The van der Waals surface area contributed by atoms with Crippen LogP contribution in [-0.4, -0.2) is 17.1 Å². The average Bonchev–Trinajstić information content (AvgIpc) is 2.28. The maximum atomic E-state index is 13.1. The highest BCUT2D eigenvalue weighted by atomic mass is 35.5. The molecule has 88 valence electrons. The van der Waals surface area contributed by atoms with Crippen molar-refractivity contribution in [1.29, 1.82) is 0 Å². The van der Waals surface area contributed by atoms with Gasteiger partial charge in [0.1, 0.15) is 11.0 Å². The van der Waals surface area contributed by atoms with Gasteiger partial charge in [-0.2, -0.15) is 0 Å². The molecule has 0 saturated carbocycles. The Morgan fingerprint density at radius 3 is 2.82 bits per heavy atom. The Morgan fingerprint density at radius 1 is 1.29 bits per heavy atom. The van der Waals surface area contributed by atoms with Crippen molar-refractivity contribution in [1.82, 2.24) is 9.97 Å². The summed E-state index contributed by atoms with van der Waals surface area (Å²) < 4.78 is 18.1. The Labute approximate surface area is 103 Å². The third-order valence-electron chi connectivity index (χ3n) is 2.12. The summed E-state index contributed by atoms with van der Waals surface area (Å²) in [4.78, 5) is 8.31. The minimum Gasteiger partial charge on any atom is -0.378 e. The Kier molecular flexibility index (Phi) is 3.66. The molecule has 0 aliphatic heterocycles. The lowest BCUT2D eigenvalue weighted by atomic mass is 10.2. The molecule has 0 spiro atoms. The van der Waals surface area contributed by atoms with Gasteiger partial charge in [0.25, 0.3) is 0 Å². The van der Waals surface area contributed by atoms with E-state index in [1.54, 1.807) is 25.3 Å². The van der Waals surface area contributed by atoms with Gasteiger partial charge in [-0.05, 0) is 18.2 Å². The highest BCUT2D eigenvalue weighted by Gasteiger charge is 2.06. The van der Waals surface area contributed by atoms with E-state index in [0.717, 1.165) is 0 Å². The molecule has 1 aromatic carbocycles. The maximum Gasteiger partial charge on any atom is 0.161 e. The lowest BCUT2D eigenvalue weighted by molar-refractivity contribution is 0.181. The predicted molar refractivity (Wildman–Crippen MR) is 63.1 cm³/mol. The molecule has 2 aromatic rings. The van der Waals surface area contributed by atoms with E-state index < -0.39 is 0 Å². The summed E-state index contributed by atoms with van der Waals surface area (Å²) in [6.45, 7) is 0.338. The van der Waals surface area contributed by atoms with Crippen LogP contribution in [0, 0.1) is 5.82 Å². The molecule has 0 bridgehead atoms. The van der Waals surface area contributed by atoms with Crippen molar-refractivity contribution in [3.63, 3.8) is 0 Å². The third-order valence-corrected chi connectivity index (χ3v) is 2.32. The number of hydrogen-bond donors (Lipinski definition) is 0. The standard InChI is InChI=1S/C12H10ClFN2O/c1-17-7-10-6-11(13)16-12(15-10)8-3-2-4-9(14)5-8/h2-6H,7H2,1H3. The molecule has 17 heavy (non-hydrogen) atoms. The van der Waals surface area contributed by atoms with E-state index in [2.05, 4.69) is 9.97 Å². The molecule has 0 saturated heterocycles. The van der Waals surface area contributed by atoms with Crippen LogP contribution in [-0.2, 0) is 11.3 Å². The van der Waals surface area contributed by atoms with Crippen LogP contribution in [0.1, 0.15) is 5.69 Å². The number of aromatic nitrogens is 2. The van der Waals surface area contributed by atoms with Gasteiger partial charge in [-0.25, -0.2) is 14.4 Å². The molecule has 0 radical (unpaired) electrons. The Balaban J connectivity index is 2.44. The van der Waals surface area contributed by atoms with Crippen molar-refractivity contribution in [2.75, 3.05) is 7.11 Å². The minimum atomic E-state index is -0.334. The number of nitrogens with zero attached hydrogens (tertiary/aromatic N) is 2. The Hall–Kier alpha value is -1.52. The van der Waals surface area contributed by atoms with Crippen molar-refractivity contribution in [2.24, 2.45) is 0 Å². The van der Waals surface area contributed by atoms with Crippen LogP contribution in [0.2, 0.25) is 5.15 Å². The van der Waals surface area contributed by atoms with Crippen LogP contribution in [0.4, 0.5) is 4.39 Å². The minimum absolute atomic E-state index is 0.311. The summed E-state index contributed by atoms with van der Waals surface area (Å²) in [5.74, 6) is 0.0587.